The quantitative estimate of drug-likeness (QED) is 0.761. The highest BCUT2D eigenvalue weighted by molar-refractivity contribution is 6.06. The molecule has 0 aliphatic rings. The van der Waals surface area contributed by atoms with E-state index in [-0.39, 0.29) is 11.8 Å². The molecule has 1 heterocycles. The van der Waals surface area contributed by atoms with Gasteiger partial charge in [0.05, 0.1) is 0 Å². The number of hydrogen-bond donors (Lipinski definition) is 3. The van der Waals surface area contributed by atoms with Gasteiger partial charge in [-0.05, 0) is 24.1 Å². The number of amides is 2. The largest absolute Gasteiger partial charge is 0.361 e. The van der Waals surface area contributed by atoms with Crippen molar-refractivity contribution in [3.63, 3.8) is 0 Å². The van der Waals surface area contributed by atoms with Crippen molar-refractivity contribution in [3.05, 3.63) is 36.0 Å². The maximum Gasteiger partial charge on any atom is 0.251 e. The van der Waals surface area contributed by atoms with E-state index in [0.717, 1.165) is 10.9 Å². The number of aromatic amines is 1. The lowest BCUT2D eigenvalue weighted by molar-refractivity contribution is -0.121. The first-order valence-corrected chi connectivity index (χ1v) is 7.19. The predicted octanol–water partition coefficient (Wildman–Crippen LogP) is 2.06. The van der Waals surface area contributed by atoms with Crippen molar-refractivity contribution >= 4 is 22.7 Å². The zero-order valence-electron chi connectivity index (χ0n) is 12.4. The molecule has 0 aliphatic heterocycles. The Morgan fingerprint density at radius 1 is 1.19 bits per heavy atom. The Labute approximate surface area is 124 Å². The topological polar surface area (TPSA) is 74.0 Å². The van der Waals surface area contributed by atoms with Crippen molar-refractivity contribution in [2.24, 2.45) is 5.92 Å². The number of carbonyl (C=O) groups excluding carboxylic acids is 2. The van der Waals surface area contributed by atoms with Crippen molar-refractivity contribution in [2.75, 3.05) is 13.1 Å². The summed E-state index contributed by atoms with van der Waals surface area (Å²) in [5, 5.41) is 6.50. The molecule has 2 amide bonds. The van der Waals surface area contributed by atoms with Crippen LogP contribution in [0.3, 0.4) is 0 Å². The maximum atomic E-state index is 12.1. The first kappa shape index (κ1) is 15.1. The van der Waals surface area contributed by atoms with E-state index in [1.54, 1.807) is 12.3 Å². The summed E-state index contributed by atoms with van der Waals surface area (Å²) in [5.41, 5.74) is 1.55. The number of fused-ring (bicyclic) bond motifs is 1. The fourth-order valence-corrected chi connectivity index (χ4v) is 2.07. The summed E-state index contributed by atoms with van der Waals surface area (Å²) in [5.74, 6) is 0.232. The third-order valence-electron chi connectivity index (χ3n) is 3.18. The van der Waals surface area contributed by atoms with E-state index in [0.29, 0.717) is 31.0 Å². The number of H-pyrrole nitrogens is 1. The molecule has 1 aromatic carbocycles. The zero-order valence-corrected chi connectivity index (χ0v) is 12.4. The van der Waals surface area contributed by atoms with Crippen molar-refractivity contribution in [1.29, 1.82) is 0 Å². The van der Waals surface area contributed by atoms with E-state index in [9.17, 15) is 9.59 Å². The smallest absolute Gasteiger partial charge is 0.251 e. The van der Waals surface area contributed by atoms with Crippen molar-refractivity contribution in [2.45, 2.75) is 20.3 Å². The highest BCUT2D eigenvalue weighted by atomic mass is 16.2. The van der Waals surface area contributed by atoms with Crippen LogP contribution in [0.5, 0.6) is 0 Å². The summed E-state index contributed by atoms with van der Waals surface area (Å²) < 4.78 is 0. The molecule has 3 N–H and O–H groups in total. The summed E-state index contributed by atoms with van der Waals surface area (Å²) >= 11 is 0. The molecule has 5 nitrogen and oxygen atoms in total. The van der Waals surface area contributed by atoms with E-state index in [1.165, 1.54) is 0 Å². The molecule has 2 rings (SSSR count). The van der Waals surface area contributed by atoms with E-state index >= 15 is 0 Å². The SMILES string of the molecule is CC(C)CNC(=O)CCNC(=O)c1cccc2[nH]ccc12. The number of nitrogens with one attached hydrogen (secondary N) is 3. The minimum Gasteiger partial charge on any atom is -0.361 e. The Balaban J connectivity index is 1.85. The molecular weight excluding hydrogens is 266 g/mol. The fourth-order valence-electron chi connectivity index (χ4n) is 2.07. The minimum absolute atomic E-state index is 0.0381. The molecule has 2 aromatic rings. The van der Waals surface area contributed by atoms with Crippen LogP contribution >= 0.6 is 0 Å². The Morgan fingerprint density at radius 2 is 2.00 bits per heavy atom. The molecule has 0 fully saturated rings. The Hall–Kier alpha value is -2.30. The molecule has 0 spiro atoms. The normalized spacial score (nSPS) is 10.8. The molecular formula is C16H21N3O2. The second-order valence-electron chi connectivity index (χ2n) is 5.45. The number of aromatic nitrogens is 1. The number of hydrogen-bond acceptors (Lipinski definition) is 2. The van der Waals surface area contributed by atoms with Gasteiger partial charge in [0, 0.05) is 42.2 Å². The lowest BCUT2D eigenvalue weighted by Gasteiger charge is -2.09. The van der Waals surface area contributed by atoms with Crippen LogP contribution in [0.2, 0.25) is 0 Å². The van der Waals surface area contributed by atoms with E-state index in [2.05, 4.69) is 15.6 Å². The van der Waals surface area contributed by atoms with Crippen molar-refractivity contribution < 1.29 is 9.59 Å². The van der Waals surface area contributed by atoms with E-state index < -0.39 is 0 Å². The van der Waals surface area contributed by atoms with E-state index in [1.807, 2.05) is 32.0 Å². The molecule has 0 bridgehead atoms. The highest BCUT2D eigenvalue weighted by Gasteiger charge is 2.10. The summed E-state index contributed by atoms with van der Waals surface area (Å²) in [4.78, 5) is 26.8. The standard InChI is InChI=1S/C16H21N3O2/c1-11(2)10-19-15(20)7-9-18-16(21)13-4-3-5-14-12(13)6-8-17-14/h3-6,8,11,17H,7,9-10H2,1-2H3,(H,18,21)(H,19,20). The molecule has 0 unspecified atom stereocenters. The third kappa shape index (κ3) is 4.08. The molecule has 0 radical (unpaired) electrons. The Bertz CT molecular complexity index is 631. The minimum atomic E-state index is -0.156. The third-order valence-corrected chi connectivity index (χ3v) is 3.18. The number of benzene rings is 1. The zero-order chi connectivity index (χ0) is 15.2. The molecule has 21 heavy (non-hydrogen) atoms. The molecule has 0 atom stereocenters. The average molecular weight is 287 g/mol. The molecule has 1 aromatic heterocycles. The molecule has 0 saturated heterocycles. The van der Waals surface area contributed by atoms with Crippen LogP contribution in [-0.4, -0.2) is 29.9 Å². The van der Waals surface area contributed by atoms with Crippen molar-refractivity contribution in [3.8, 4) is 0 Å². The maximum absolute atomic E-state index is 12.1. The van der Waals surface area contributed by atoms with Crippen LogP contribution in [0.15, 0.2) is 30.5 Å². The molecule has 112 valence electrons. The highest BCUT2D eigenvalue weighted by Crippen LogP contribution is 2.16. The summed E-state index contributed by atoms with van der Waals surface area (Å²) in [6.45, 7) is 5.08. The Morgan fingerprint density at radius 3 is 2.76 bits per heavy atom. The van der Waals surface area contributed by atoms with Gasteiger partial charge in [0.15, 0.2) is 0 Å². The predicted molar refractivity (Wildman–Crippen MR) is 83.1 cm³/mol. The van der Waals surface area contributed by atoms with Gasteiger partial charge in [-0.15, -0.1) is 0 Å². The lowest BCUT2D eigenvalue weighted by atomic mass is 10.1. The number of carbonyl (C=O) groups is 2. The van der Waals surface area contributed by atoms with Gasteiger partial charge in [-0.25, -0.2) is 0 Å². The first-order valence-electron chi connectivity index (χ1n) is 7.19. The monoisotopic (exact) mass is 287 g/mol. The van der Waals surface area contributed by atoms with Gasteiger partial charge >= 0.3 is 0 Å². The fraction of sp³-hybridized carbons (Fsp3) is 0.375. The van der Waals surface area contributed by atoms with Crippen LogP contribution in [0.25, 0.3) is 10.9 Å². The summed E-state index contributed by atoms with van der Waals surface area (Å²) in [6, 6.07) is 7.42. The second-order valence-corrected chi connectivity index (χ2v) is 5.45. The number of rotatable bonds is 6. The van der Waals surface area contributed by atoms with Crippen LogP contribution in [0.4, 0.5) is 0 Å². The Kier molecular flexibility index (Phi) is 4.98. The second kappa shape index (κ2) is 6.92. The average Bonchev–Trinajstić information content (AvgIpc) is 2.93. The summed E-state index contributed by atoms with van der Waals surface area (Å²) in [6.07, 6.45) is 2.10. The van der Waals surface area contributed by atoms with Crippen molar-refractivity contribution in [1.82, 2.24) is 15.6 Å². The van der Waals surface area contributed by atoms with Crippen LogP contribution < -0.4 is 10.6 Å². The van der Waals surface area contributed by atoms with E-state index in [4.69, 9.17) is 0 Å². The molecule has 0 saturated carbocycles. The van der Waals surface area contributed by atoms with Gasteiger partial charge < -0.3 is 15.6 Å². The van der Waals surface area contributed by atoms with Gasteiger partial charge in [-0.3, -0.25) is 9.59 Å². The van der Waals surface area contributed by atoms with Crippen LogP contribution in [0.1, 0.15) is 30.6 Å². The van der Waals surface area contributed by atoms with Gasteiger partial charge in [-0.2, -0.15) is 0 Å². The molecule has 0 aliphatic carbocycles. The van der Waals surface area contributed by atoms with Gasteiger partial charge in [0.25, 0.3) is 5.91 Å². The summed E-state index contributed by atoms with van der Waals surface area (Å²) in [7, 11) is 0. The van der Waals surface area contributed by atoms with Gasteiger partial charge in [0.1, 0.15) is 0 Å². The van der Waals surface area contributed by atoms with Crippen LogP contribution in [-0.2, 0) is 4.79 Å². The molecule has 5 heteroatoms. The first-order chi connectivity index (χ1) is 10.1. The lowest BCUT2D eigenvalue weighted by Crippen LogP contribution is -2.32. The van der Waals surface area contributed by atoms with Crippen LogP contribution in [0, 0.1) is 5.92 Å². The van der Waals surface area contributed by atoms with Gasteiger partial charge in [0.2, 0.25) is 5.91 Å². The van der Waals surface area contributed by atoms with Gasteiger partial charge in [-0.1, -0.05) is 19.9 Å².